The van der Waals surface area contributed by atoms with E-state index in [2.05, 4.69) is 48.3 Å². The SMILES string of the molecule is CCNC(=NCc1ncc(CC)s1)NCC(CC)CC.I. The van der Waals surface area contributed by atoms with Gasteiger partial charge in [0.25, 0.3) is 0 Å². The molecule has 1 aromatic rings. The molecule has 0 bridgehead atoms. The zero-order valence-electron chi connectivity index (χ0n) is 13.6. The molecule has 1 rings (SSSR count). The van der Waals surface area contributed by atoms with Crippen LogP contribution in [0.4, 0.5) is 0 Å². The van der Waals surface area contributed by atoms with Gasteiger partial charge >= 0.3 is 0 Å². The van der Waals surface area contributed by atoms with Crippen LogP contribution in [0.15, 0.2) is 11.2 Å². The van der Waals surface area contributed by atoms with E-state index in [9.17, 15) is 0 Å². The molecular weight excluding hydrogens is 395 g/mol. The highest BCUT2D eigenvalue weighted by atomic mass is 127. The molecule has 1 aromatic heterocycles. The van der Waals surface area contributed by atoms with E-state index in [-0.39, 0.29) is 24.0 Å². The van der Waals surface area contributed by atoms with Crippen LogP contribution in [0, 0.1) is 5.92 Å². The Hall–Kier alpha value is -0.370. The topological polar surface area (TPSA) is 49.3 Å². The summed E-state index contributed by atoms with van der Waals surface area (Å²) in [4.78, 5) is 10.3. The van der Waals surface area contributed by atoms with Crippen LogP contribution in [0.2, 0.25) is 0 Å². The zero-order valence-corrected chi connectivity index (χ0v) is 16.8. The maximum Gasteiger partial charge on any atom is 0.191 e. The number of hydrogen-bond acceptors (Lipinski definition) is 3. The predicted octanol–water partition coefficient (Wildman–Crippen LogP) is 3.81. The minimum absolute atomic E-state index is 0. The molecule has 4 nitrogen and oxygen atoms in total. The Morgan fingerprint density at radius 3 is 2.48 bits per heavy atom. The van der Waals surface area contributed by atoms with E-state index in [1.165, 1.54) is 17.7 Å². The number of halogens is 1. The predicted molar refractivity (Wildman–Crippen MR) is 104 cm³/mol. The van der Waals surface area contributed by atoms with E-state index >= 15 is 0 Å². The van der Waals surface area contributed by atoms with Gasteiger partial charge < -0.3 is 10.6 Å². The van der Waals surface area contributed by atoms with Crippen LogP contribution < -0.4 is 10.6 Å². The molecule has 0 amide bonds. The molecule has 0 radical (unpaired) electrons. The van der Waals surface area contributed by atoms with Crippen molar-refractivity contribution in [3.05, 3.63) is 16.1 Å². The molecule has 0 fully saturated rings. The van der Waals surface area contributed by atoms with Crippen LogP contribution in [0.1, 0.15) is 50.4 Å². The van der Waals surface area contributed by atoms with Gasteiger partial charge in [0.1, 0.15) is 5.01 Å². The molecule has 6 heteroatoms. The fraction of sp³-hybridized carbons (Fsp3) is 0.733. The first-order chi connectivity index (χ1) is 9.73. The second kappa shape index (κ2) is 12.2. The van der Waals surface area contributed by atoms with Gasteiger partial charge in [-0.2, -0.15) is 0 Å². The summed E-state index contributed by atoms with van der Waals surface area (Å²) in [6.45, 7) is 11.2. The third kappa shape index (κ3) is 7.99. The molecule has 0 aliphatic rings. The summed E-state index contributed by atoms with van der Waals surface area (Å²) >= 11 is 1.75. The summed E-state index contributed by atoms with van der Waals surface area (Å²) in [6.07, 6.45) is 5.42. The van der Waals surface area contributed by atoms with Crippen molar-refractivity contribution in [2.45, 2.75) is 53.5 Å². The van der Waals surface area contributed by atoms with Gasteiger partial charge in [-0.1, -0.05) is 33.6 Å². The minimum Gasteiger partial charge on any atom is -0.357 e. The lowest BCUT2D eigenvalue weighted by atomic mass is 10.0. The van der Waals surface area contributed by atoms with E-state index in [0.717, 1.165) is 30.5 Å². The van der Waals surface area contributed by atoms with Gasteiger partial charge in [0, 0.05) is 24.2 Å². The molecule has 0 aromatic carbocycles. The molecule has 0 saturated heterocycles. The number of aryl methyl sites for hydroxylation is 1. The molecular formula is C15H29IN4S. The van der Waals surface area contributed by atoms with Crippen molar-refractivity contribution in [1.82, 2.24) is 15.6 Å². The summed E-state index contributed by atoms with van der Waals surface area (Å²) in [6, 6.07) is 0. The van der Waals surface area contributed by atoms with E-state index < -0.39 is 0 Å². The van der Waals surface area contributed by atoms with Crippen molar-refractivity contribution in [3.8, 4) is 0 Å². The molecule has 0 unspecified atom stereocenters. The van der Waals surface area contributed by atoms with Gasteiger partial charge in [0.05, 0.1) is 6.54 Å². The van der Waals surface area contributed by atoms with Crippen LogP contribution in [0.5, 0.6) is 0 Å². The van der Waals surface area contributed by atoms with Crippen molar-refractivity contribution in [2.75, 3.05) is 13.1 Å². The van der Waals surface area contributed by atoms with Gasteiger partial charge in [-0.3, -0.25) is 0 Å². The standard InChI is InChI=1S/C15H28N4S.HI/c1-5-12(6-2)9-18-15(16-8-4)19-11-14-17-10-13(7-3)20-14;/h10,12H,5-9,11H2,1-4H3,(H2,16,18,19);1H. The summed E-state index contributed by atoms with van der Waals surface area (Å²) < 4.78 is 0. The van der Waals surface area contributed by atoms with Gasteiger partial charge in [0.2, 0.25) is 0 Å². The van der Waals surface area contributed by atoms with E-state index in [0.29, 0.717) is 12.5 Å². The van der Waals surface area contributed by atoms with E-state index in [1.807, 2.05) is 6.20 Å². The van der Waals surface area contributed by atoms with Crippen LogP contribution in [-0.2, 0) is 13.0 Å². The summed E-state index contributed by atoms with van der Waals surface area (Å²) in [5.41, 5.74) is 0. The Morgan fingerprint density at radius 2 is 1.95 bits per heavy atom. The average Bonchev–Trinajstić information content (AvgIpc) is 2.93. The number of rotatable bonds is 8. The second-order valence-corrected chi connectivity index (χ2v) is 6.03. The number of hydrogen-bond donors (Lipinski definition) is 2. The molecule has 0 saturated carbocycles. The average molecular weight is 424 g/mol. The first-order valence-corrected chi connectivity index (χ1v) is 8.50. The van der Waals surface area contributed by atoms with Crippen LogP contribution >= 0.6 is 35.3 Å². The Labute approximate surface area is 150 Å². The molecule has 0 aliphatic carbocycles. The Morgan fingerprint density at radius 1 is 1.24 bits per heavy atom. The van der Waals surface area contributed by atoms with Crippen LogP contribution in [0.3, 0.4) is 0 Å². The number of aliphatic imine (C=N–C) groups is 1. The Kier molecular flexibility index (Phi) is 12.0. The molecule has 0 aliphatic heterocycles. The van der Waals surface area contributed by atoms with Crippen molar-refractivity contribution in [1.29, 1.82) is 0 Å². The lowest BCUT2D eigenvalue weighted by molar-refractivity contribution is 0.481. The van der Waals surface area contributed by atoms with Crippen LogP contribution in [0.25, 0.3) is 0 Å². The monoisotopic (exact) mass is 424 g/mol. The molecule has 1 heterocycles. The fourth-order valence-electron chi connectivity index (χ4n) is 1.89. The fourth-order valence-corrected chi connectivity index (χ4v) is 2.68. The maximum atomic E-state index is 4.61. The lowest BCUT2D eigenvalue weighted by Crippen LogP contribution is -2.39. The molecule has 0 atom stereocenters. The van der Waals surface area contributed by atoms with Gasteiger partial charge in [0.15, 0.2) is 5.96 Å². The third-order valence-electron chi connectivity index (χ3n) is 3.38. The Balaban J connectivity index is 0.00000400. The summed E-state index contributed by atoms with van der Waals surface area (Å²) in [7, 11) is 0. The second-order valence-electron chi connectivity index (χ2n) is 4.83. The smallest absolute Gasteiger partial charge is 0.191 e. The summed E-state index contributed by atoms with van der Waals surface area (Å²) in [5, 5.41) is 7.81. The van der Waals surface area contributed by atoms with E-state index in [4.69, 9.17) is 0 Å². The largest absolute Gasteiger partial charge is 0.357 e. The van der Waals surface area contributed by atoms with Crippen LogP contribution in [-0.4, -0.2) is 24.0 Å². The Bertz CT molecular complexity index is 402. The number of thiazole rings is 1. The number of nitrogens with one attached hydrogen (secondary N) is 2. The maximum absolute atomic E-state index is 4.61. The molecule has 0 spiro atoms. The zero-order chi connectivity index (χ0) is 14.8. The van der Waals surface area contributed by atoms with E-state index in [1.54, 1.807) is 11.3 Å². The first-order valence-electron chi connectivity index (χ1n) is 7.69. The molecule has 122 valence electrons. The molecule has 2 N–H and O–H groups in total. The van der Waals surface area contributed by atoms with Crippen molar-refractivity contribution in [2.24, 2.45) is 10.9 Å². The van der Waals surface area contributed by atoms with Gasteiger partial charge in [-0.05, 0) is 19.3 Å². The number of aromatic nitrogens is 1. The highest BCUT2D eigenvalue weighted by Gasteiger charge is 2.05. The quantitative estimate of drug-likeness (QED) is 0.379. The number of guanidine groups is 1. The third-order valence-corrected chi connectivity index (χ3v) is 4.51. The van der Waals surface area contributed by atoms with Crippen molar-refractivity contribution < 1.29 is 0 Å². The van der Waals surface area contributed by atoms with Crippen molar-refractivity contribution >= 4 is 41.3 Å². The van der Waals surface area contributed by atoms with Crippen molar-refractivity contribution in [3.63, 3.8) is 0 Å². The normalized spacial score (nSPS) is 11.4. The van der Waals surface area contributed by atoms with Gasteiger partial charge in [-0.25, -0.2) is 9.98 Å². The first kappa shape index (κ1) is 20.6. The van der Waals surface area contributed by atoms with Gasteiger partial charge in [-0.15, -0.1) is 35.3 Å². The lowest BCUT2D eigenvalue weighted by Gasteiger charge is -2.16. The highest BCUT2D eigenvalue weighted by molar-refractivity contribution is 14.0. The minimum atomic E-state index is 0. The highest BCUT2D eigenvalue weighted by Crippen LogP contribution is 2.14. The number of nitrogens with zero attached hydrogens (tertiary/aromatic N) is 2. The summed E-state index contributed by atoms with van der Waals surface area (Å²) in [5.74, 6) is 1.61. The molecule has 21 heavy (non-hydrogen) atoms.